The molecule has 2 aliphatic rings. The van der Waals surface area contributed by atoms with E-state index in [9.17, 15) is 24.8 Å². The number of anilines is 1. The topological polar surface area (TPSA) is 110 Å². The lowest BCUT2D eigenvalue weighted by Crippen LogP contribution is -2.44. The molecule has 2 aromatic rings. The molecule has 1 aliphatic heterocycles. The second-order valence-electron chi connectivity index (χ2n) is 9.11. The molecule has 0 aromatic heterocycles. The van der Waals surface area contributed by atoms with E-state index in [-0.39, 0.29) is 46.0 Å². The van der Waals surface area contributed by atoms with Gasteiger partial charge in [-0.05, 0) is 41.7 Å². The van der Waals surface area contributed by atoms with E-state index >= 15 is 0 Å². The van der Waals surface area contributed by atoms with Crippen molar-refractivity contribution in [2.75, 3.05) is 12.0 Å². The van der Waals surface area contributed by atoms with Gasteiger partial charge < -0.3 is 9.84 Å². The molecule has 0 bridgehead atoms. The number of Topliss-reactive ketones (excluding diaryl/α,β-unsaturated/α-hetero) is 1. The predicted molar refractivity (Wildman–Crippen MR) is 123 cm³/mol. The number of amides is 1. The van der Waals surface area contributed by atoms with Gasteiger partial charge in [-0.3, -0.25) is 24.6 Å². The lowest BCUT2D eigenvalue weighted by atomic mass is 9.69. The van der Waals surface area contributed by atoms with Gasteiger partial charge in [0.1, 0.15) is 5.69 Å². The normalized spacial score (nSPS) is 20.0. The minimum atomic E-state index is -0.582. The monoisotopic (exact) mass is 470 g/mol. The molecule has 0 spiro atoms. The standard InChI is InChI=1S/C24H23ClN2O6/c1-24(2)11-18-23(20(29)12-24)15(13-4-7-19(28)21(8-13)33-3)10-22(30)26(18)16-6-5-14(25)9-17(16)27(31)32/h4-9,15,28H,10-12H2,1-3H3. The number of carbonyl (C=O) groups is 2. The first-order valence-electron chi connectivity index (χ1n) is 10.4. The highest BCUT2D eigenvalue weighted by molar-refractivity contribution is 6.31. The minimum Gasteiger partial charge on any atom is -0.504 e. The third-order valence-corrected chi connectivity index (χ3v) is 6.36. The Morgan fingerprint density at radius 1 is 1.18 bits per heavy atom. The van der Waals surface area contributed by atoms with Crippen molar-refractivity contribution in [3.8, 4) is 11.5 Å². The molecule has 1 N–H and O–H groups in total. The van der Waals surface area contributed by atoms with Crippen LogP contribution in [0.3, 0.4) is 0 Å². The summed E-state index contributed by atoms with van der Waals surface area (Å²) in [6.07, 6.45) is 0.631. The van der Waals surface area contributed by atoms with Crippen molar-refractivity contribution in [1.29, 1.82) is 0 Å². The van der Waals surface area contributed by atoms with Crippen molar-refractivity contribution in [3.63, 3.8) is 0 Å². The largest absolute Gasteiger partial charge is 0.504 e. The molecule has 4 rings (SSSR count). The fourth-order valence-corrected chi connectivity index (χ4v) is 4.89. The molecular weight excluding hydrogens is 448 g/mol. The molecular formula is C24H23ClN2O6. The quantitative estimate of drug-likeness (QED) is 0.490. The summed E-state index contributed by atoms with van der Waals surface area (Å²) in [4.78, 5) is 39.3. The Labute approximate surface area is 195 Å². The number of nitro groups is 1. The fourth-order valence-electron chi connectivity index (χ4n) is 4.72. The third kappa shape index (κ3) is 4.06. The van der Waals surface area contributed by atoms with Gasteiger partial charge in [-0.15, -0.1) is 0 Å². The number of phenolic OH excluding ortho intramolecular Hbond substituents is 1. The maximum atomic E-state index is 13.5. The smallest absolute Gasteiger partial charge is 0.294 e. The Kier molecular flexibility index (Phi) is 5.66. The van der Waals surface area contributed by atoms with E-state index in [1.54, 1.807) is 12.1 Å². The first-order valence-corrected chi connectivity index (χ1v) is 10.8. The van der Waals surface area contributed by atoms with E-state index in [1.165, 1.54) is 36.3 Å². The van der Waals surface area contributed by atoms with Crippen molar-refractivity contribution in [3.05, 3.63) is 68.4 Å². The summed E-state index contributed by atoms with van der Waals surface area (Å²) in [5.41, 5.74) is 0.951. The summed E-state index contributed by atoms with van der Waals surface area (Å²) in [5, 5.41) is 21.9. The summed E-state index contributed by atoms with van der Waals surface area (Å²) in [6, 6.07) is 8.88. The third-order valence-electron chi connectivity index (χ3n) is 6.12. The number of carbonyl (C=O) groups excluding carboxylic acids is 2. The number of allylic oxidation sites excluding steroid dienone is 2. The molecule has 2 aromatic carbocycles. The van der Waals surface area contributed by atoms with Gasteiger partial charge in [-0.1, -0.05) is 31.5 Å². The molecule has 33 heavy (non-hydrogen) atoms. The van der Waals surface area contributed by atoms with Crippen molar-refractivity contribution in [1.82, 2.24) is 0 Å². The molecule has 1 aliphatic carbocycles. The lowest BCUT2D eigenvalue weighted by Gasteiger charge is -2.42. The molecule has 8 nitrogen and oxygen atoms in total. The number of methoxy groups -OCH3 is 1. The number of ether oxygens (including phenoxy) is 1. The number of hydrogen-bond donors (Lipinski definition) is 1. The van der Waals surface area contributed by atoms with Crippen LogP contribution in [0.1, 0.15) is 44.6 Å². The van der Waals surface area contributed by atoms with Crippen molar-refractivity contribution < 1.29 is 24.4 Å². The number of rotatable bonds is 4. The lowest BCUT2D eigenvalue weighted by molar-refractivity contribution is -0.384. The minimum absolute atomic E-state index is 0.0490. The van der Waals surface area contributed by atoms with Gasteiger partial charge in [-0.25, -0.2) is 0 Å². The molecule has 0 radical (unpaired) electrons. The Morgan fingerprint density at radius 3 is 2.58 bits per heavy atom. The van der Waals surface area contributed by atoms with Gasteiger partial charge >= 0.3 is 0 Å². The van der Waals surface area contributed by atoms with Crippen LogP contribution in [0.5, 0.6) is 11.5 Å². The molecule has 0 fully saturated rings. The van der Waals surface area contributed by atoms with Gasteiger partial charge in [0, 0.05) is 41.1 Å². The van der Waals surface area contributed by atoms with Gasteiger partial charge in [0.05, 0.1) is 12.0 Å². The van der Waals surface area contributed by atoms with Crippen molar-refractivity contribution in [2.24, 2.45) is 5.41 Å². The summed E-state index contributed by atoms with van der Waals surface area (Å²) >= 11 is 5.98. The average molecular weight is 471 g/mol. The van der Waals surface area contributed by atoms with Crippen molar-refractivity contribution in [2.45, 2.75) is 39.0 Å². The summed E-state index contributed by atoms with van der Waals surface area (Å²) in [5.74, 6) is -0.823. The highest BCUT2D eigenvalue weighted by Gasteiger charge is 2.45. The van der Waals surface area contributed by atoms with Crippen LogP contribution in [0, 0.1) is 15.5 Å². The molecule has 9 heteroatoms. The van der Waals surface area contributed by atoms with E-state index in [4.69, 9.17) is 16.3 Å². The van der Waals surface area contributed by atoms with Crippen LogP contribution in [0.15, 0.2) is 47.7 Å². The zero-order chi connectivity index (χ0) is 24.1. The maximum Gasteiger partial charge on any atom is 0.294 e. The first-order chi connectivity index (χ1) is 15.5. The number of nitrogens with zero attached hydrogens (tertiary/aromatic N) is 2. The molecule has 1 amide bonds. The number of aromatic hydroxyl groups is 1. The molecule has 172 valence electrons. The molecule has 0 saturated heterocycles. The highest BCUT2D eigenvalue weighted by atomic mass is 35.5. The molecule has 0 saturated carbocycles. The number of ketones is 1. The Bertz CT molecular complexity index is 1220. The molecule has 1 atom stereocenters. The summed E-state index contributed by atoms with van der Waals surface area (Å²) < 4.78 is 5.21. The highest BCUT2D eigenvalue weighted by Crippen LogP contribution is 2.50. The van der Waals surface area contributed by atoms with E-state index in [1.807, 2.05) is 13.8 Å². The number of benzene rings is 2. The van der Waals surface area contributed by atoms with Gasteiger partial charge in [-0.2, -0.15) is 0 Å². The Morgan fingerprint density at radius 2 is 1.91 bits per heavy atom. The predicted octanol–water partition coefficient (Wildman–Crippen LogP) is 5.13. The second-order valence-corrected chi connectivity index (χ2v) is 9.55. The fraction of sp³-hybridized carbons (Fsp3) is 0.333. The maximum absolute atomic E-state index is 13.5. The number of phenols is 1. The van der Waals surface area contributed by atoms with Gasteiger partial charge in [0.15, 0.2) is 17.3 Å². The summed E-state index contributed by atoms with van der Waals surface area (Å²) in [7, 11) is 1.42. The number of nitro benzene ring substituents is 1. The second kappa shape index (κ2) is 8.19. The van der Waals surface area contributed by atoms with Gasteiger partial charge in [0.25, 0.3) is 5.69 Å². The molecule has 1 heterocycles. The van der Waals surface area contributed by atoms with Crippen molar-refractivity contribution >= 4 is 34.7 Å². The average Bonchev–Trinajstić information content (AvgIpc) is 2.73. The summed E-state index contributed by atoms with van der Waals surface area (Å²) in [6.45, 7) is 3.86. The Balaban J connectivity index is 1.95. The van der Waals surface area contributed by atoms with Crippen LogP contribution in [-0.2, 0) is 9.59 Å². The van der Waals surface area contributed by atoms with Crippen LogP contribution in [-0.4, -0.2) is 28.8 Å². The SMILES string of the molecule is COc1cc(C2CC(=O)N(c3ccc(Cl)cc3[N+](=O)[O-])C3=C2C(=O)CC(C)(C)C3)ccc1O. The molecule has 1 unspecified atom stereocenters. The Hall–Kier alpha value is -3.39. The van der Waals surface area contributed by atoms with E-state index in [0.717, 1.165) is 0 Å². The van der Waals surface area contributed by atoms with E-state index < -0.39 is 16.3 Å². The zero-order valence-electron chi connectivity index (χ0n) is 18.4. The van der Waals surface area contributed by atoms with Crippen LogP contribution in [0.25, 0.3) is 0 Å². The number of halogens is 1. The zero-order valence-corrected chi connectivity index (χ0v) is 19.2. The number of hydrogen-bond acceptors (Lipinski definition) is 6. The van der Waals surface area contributed by atoms with Crippen LogP contribution >= 0.6 is 11.6 Å². The van der Waals surface area contributed by atoms with Crippen LogP contribution in [0.4, 0.5) is 11.4 Å². The van der Waals surface area contributed by atoms with Gasteiger partial charge in [0.2, 0.25) is 5.91 Å². The van der Waals surface area contributed by atoms with Crippen LogP contribution < -0.4 is 9.64 Å². The van der Waals surface area contributed by atoms with E-state index in [2.05, 4.69) is 0 Å². The van der Waals surface area contributed by atoms with Crippen LogP contribution in [0.2, 0.25) is 5.02 Å². The van der Waals surface area contributed by atoms with E-state index in [0.29, 0.717) is 29.7 Å². The first kappa shape index (κ1) is 22.8.